The Kier molecular flexibility index (Phi) is 3.27. The zero-order chi connectivity index (χ0) is 13.1. The number of hydrogen-bond donors (Lipinski definition) is 1. The number of amides is 2. The highest BCUT2D eigenvalue weighted by Crippen LogP contribution is 2.17. The van der Waals surface area contributed by atoms with Crippen molar-refractivity contribution in [3.05, 3.63) is 29.8 Å². The third kappa shape index (κ3) is 2.32. The van der Waals surface area contributed by atoms with Crippen molar-refractivity contribution in [1.29, 1.82) is 0 Å². The van der Waals surface area contributed by atoms with Crippen LogP contribution in [0.4, 0.5) is 5.69 Å². The van der Waals surface area contributed by atoms with Crippen LogP contribution in [0.25, 0.3) is 0 Å². The molecule has 18 heavy (non-hydrogen) atoms. The fourth-order valence-electron chi connectivity index (χ4n) is 1.61. The number of hydrazine groups is 1. The number of rotatable bonds is 3. The standard InChI is InChI=1S/C12H12N2O4/c1-2-18-12(17)8-3-5-9(6-4-8)14-11(16)7-10(15)13-14/h3-6H,2,7H2,1H3,(H,13,15). The highest BCUT2D eigenvalue weighted by atomic mass is 16.5. The van der Waals surface area contributed by atoms with Crippen LogP contribution in [-0.2, 0) is 14.3 Å². The molecule has 1 aliphatic rings. The molecule has 94 valence electrons. The average molecular weight is 248 g/mol. The molecule has 0 atom stereocenters. The fourth-order valence-corrected chi connectivity index (χ4v) is 1.61. The maximum atomic E-state index is 11.5. The Bertz CT molecular complexity index is 495. The summed E-state index contributed by atoms with van der Waals surface area (Å²) < 4.78 is 4.84. The smallest absolute Gasteiger partial charge is 0.338 e. The summed E-state index contributed by atoms with van der Waals surface area (Å²) in [7, 11) is 0. The molecule has 0 saturated carbocycles. The molecule has 0 spiro atoms. The second-order valence-electron chi connectivity index (χ2n) is 3.71. The molecule has 1 aromatic carbocycles. The first-order valence-electron chi connectivity index (χ1n) is 5.51. The van der Waals surface area contributed by atoms with Gasteiger partial charge in [-0.25, -0.2) is 9.80 Å². The van der Waals surface area contributed by atoms with E-state index in [1.807, 2.05) is 0 Å². The van der Waals surface area contributed by atoms with E-state index in [1.165, 1.54) is 0 Å². The summed E-state index contributed by atoms with van der Waals surface area (Å²) in [5, 5.41) is 1.16. The Morgan fingerprint density at radius 2 is 2.00 bits per heavy atom. The van der Waals surface area contributed by atoms with E-state index in [9.17, 15) is 14.4 Å². The molecule has 0 aliphatic carbocycles. The second-order valence-corrected chi connectivity index (χ2v) is 3.71. The van der Waals surface area contributed by atoms with Crippen LogP contribution in [0.3, 0.4) is 0 Å². The van der Waals surface area contributed by atoms with Crippen LogP contribution in [0.5, 0.6) is 0 Å². The average Bonchev–Trinajstić information content (AvgIpc) is 2.69. The van der Waals surface area contributed by atoms with E-state index in [2.05, 4.69) is 5.43 Å². The van der Waals surface area contributed by atoms with Gasteiger partial charge >= 0.3 is 5.97 Å². The van der Waals surface area contributed by atoms with Crippen molar-refractivity contribution in [3.8, 4) is 0 Å². The van der Waals surface area contributed by atoms with Gasteiger partial charge in [0.25, 0.3) is 5.91 Å². The summed E-state index contributed by atoms with van der Waals surface area (Å²) in [5.41, 5.74) is 3.34. The Morgan fingerprint density at radius 3 is 2.50 bits per heavy atom. The summed E-state index contributed by atoms with van der Waals surface area (Å²) in [4.78, 5) is 33.9. The largest absolute Gasteiger partial charge is 0.462 e. The summed E-state index contributed by atoms with van der Waals surface area (Å²) in [6.07, 6.45) is -0.153. The molecule has 1 saturated heterocycles. The Morgan fingerprint density at radius 1 is 1.33 bits per heavy atom. The van der Waals surface area contributed by atoms with Crippen LogP contribution < -0.4 is 10.4 Å². The van der Waals surface area contributed by atoms with Gasteiger partial charge in [-0.2, -0.15) is 0 Å². The first kappa shape index (κ1) is 12.1. The van der Waals surface area contributed by atoms with E-state index in [0.29, 0.717) is 17.9 Å². The first-order valence-corrected chi connectivity index (χ1v) is 5.51. The number of carbonyl (C=O) groups excluding carboxylic acids is 3. The SMILES string of the molecule is CCOC(=O)c1ccc(N2NC(=O)CC2=O)cc1. The Balaban J connectivity index is 2.15. The van der Waals surface area contributed by atoms with Gasteiger partial charge in [0.05, 0.1) is 17.9 Å². The van der Waals surface area contributed by atoms with Gasteiger partial charge in [-0.3, -0.25) is 15.0 Å². The second kappa shape index (κ2) is 4.87. The van der Waals surface area contributed by atoms with E-state index in [0.717, 1.165) is 5.01 Å². The van der Waals surface area contributed by atoms with Gasteiger partial charge in [-0.05, 0) is 31.2 Å². The Labute approximate surface area is 103 Å². The van der Waals surface area contributed by atoms with Gasteiger partial charge < -0.3 is 4.74 Å². The van der Waals surface area contributed by atoms with Crippen LogP contribution in [0.15, 0.2) is 24.3 Å². The van der Waals surface area contributed by atoms with Crippen LogP contribution in [0, 0.1) is 0 Å². The van der Waals surface area contributed by atoms with Crippen molar-refractivity contribution in [1.82, 2.24) is 5.43 Å². The third-order valence-electron chi connectivity index (χ3n) is 2.43. The topological polar surface area (TPSA) is 75.7 Å². The number of ether oxygens (including phenoxy) is 1. The van der Waals surface area contributed by atoms with E-state index < -0.39 is 5.97 Å². The molecule has 1 fully saturated rings. The lowest BCUT2D eigenvalue weighted by Crippen LogP contribution is -2.35. The molecule has 2 amide bonds. The molecular formula is C12H12N2O4. The molecule has 1 N–H and O–H groups in total. The van der Waals surface area contributed by atoms with Crippen LogP contribution in [-0.4, -0.2) is 24.4 Å². The normalized spacial score (nSPS) is 14.6. The van der Waals surface area contributed by atoms with E-state index in [4.69, 9.17) is 4.74 Å². The summed E-state index contributed by atoms with van der Waals surface area (Å²) >= 11 is 0. The lowest BCUT2D eigenvalue weighted by atomic mass is 10.2. The number of benzene rings is 1. The lowest BCUT2D eigenvalue weighted by molar-refractivity contribution is -0.122. The van der Waals surface area contributed by atoms with Gasteiger partial charge in [0.15, 0.2) is 0 Å². The molecule has 1 aliphatic heterocycles. The molecule has 2 rings (SSSR count). The molecule has 0 bridgehead atoms. The van der Waals surface area contributed by atoms with Crippen molar-refractivity contribution >= 4 is 23.5 Å². The van der Waals surface area contributed by atoms with Gasteiger partial charge in [-0.1, -0.05) is 0 Å². The molecule has 6 heteroatoms. The predicted octanol–water partition coefficient (Wildman–Crippen LogP) is 0.631. The number of anilines is 1. The van der Waals surface area contributed by atoms with Crippen LogP contribution in [0.2, 0.25) is 0 Å². The first-order chi connectivity index (χ1) is 8.61. The van der Waals surface area contributed by atoms with Crippen molar-refractivity contribution in [3.63, 3.8) is 0 Å². The van der Waals surface area contributed by atoms with E-state index in [-0.39, 0.29) is 18.2 Å². The zero-order valence-electron chi connectivity index (χ0n) is 9.80. The highest BCUT2D eigenvalue weighted by molar-refractivity contribution is 6.11. The number of nitrogens with zero attached hydrogens (tertiary/aromatic N) is 1. The van der Waals surface area contributed by atoms with Crippen molar-refractivity contribution in [2.75, 3.05) is 11.6 Å². The molecule has 1 aromatic rings. The van der Waals surface area contributed by atoms with Crippen molar-refractivity contribution in [2.24, 2.45) is 0 Å². The molecule has 1 heterocycles. The zero-order valence-corrected chi connectivity index (χ0v) is 9.80. The number of carbonyl (C=O) groups is 3. The minimum Gasteiger partial charge on any atom is -0.462 e. The van der Waals surface area contributed by atoms with Gasteiger partial charge in [0.2, 0.25) is 5.91 Å². The van der Waals surface area contributed by atoms with Crippen LogP contribution in [0.1, 0.15) is 23.7 Å². The molecule has 0 aromatic heterocycles. The monoisotopic (exact) mass is 248 g/mol. The molecule has 0 unspecified atom stereocenters. The van der Waals surface area contributed by atoms with Crippen LogP contribution >= 0.6 is 0 Å². The maximum Gasteiger partial charge on any atom is 0.338 e. The number of nitrogens with one attached hydrogen (secondary N) is 1. The van der Waals surface area contributed by atoms with E-state index >= 15 is 0 Å². The quantitative estimate of drug-likeness (QED) is 0.629. The third-order valence-corrected chi connectivity index (χ3v) is 2.43. The number of esters is 1. The Hall–Kier alpha value is -2.37. The fraction of sp³-hybridized carbons (Fsp3) is 0.250. The summed E-state index contributed by atoms with van der Waals surface area (Å²) in [6, 6.07) is 6.25. The maximum absolute atomic E-state index is 11.5. The molecule has 6 nitrogen and oxygen atoms in total. The minimum atomic E-state index is -0.416. The van der Waals surface area contributed by atoms with E-state index in [1.54, 1.807) is 31.2 Å². The van der Waals surface area contributed by atoms with Gasteiger partial charge in [0.1, 0.15) is 6.42 Å². The van der Waals surface area contributed by atoms with Gasteiger partial charge in [-0.15, -0.1) is 0 Å². The molecule has 0 radical (unpaired) electrons. The van der Waals surface area contributed by atoms with Crippen molar-refractivity contribution < 1.29 is 19.1 Å². The van der Waals surface area contributed by atoms with Gasteiger partial charge in [0, 0.05) is 0 Å². The minimum absolute atomic E-state index is 0.153. The van der Waals surface area contributed by atoms with Crippen molar-refractivity contribution in [2.45, 2.75) is 13.3 Å². The summed E-state index contributed by atoms with van der Waals surface area (Å²) in [6.45, 7) is 2.03. The number of hydrogen-bond acceptors (Lipinski definition) is 4. The lowest BCUT2D eigenvalue weighted by Gasteiger charge is -2.15. The predicted molar refractivity (Wildman–Crippen MR) is 62.6 cm³/mol. The molecular weight excluding hydrogens is 236 g/mol. The summed E-state index contributed by atoms with van der Waals surface area (Å²) in [5.74, 6) is -1.07. The highest BCUT2D eigenvalue weighted by Gasteiger charge is 2.28.